The minimum absolute atomic E-state index is 0.254. The highest BCUT2D eigenvalue weighted by Crippen LogP contribution is 2.28. The second-order valence-electron chi connectivity index (χ2n) is 5.89. The molecule has 1 aliphatic heterocycles. The van der Waals surface area contributed by atoms with Crippen LogP contribution in [-0.2, 0) is 11.3 Å². The lowest BCUT2D eigenvalue weighted by Gasteiger charge is -2.30. The second-order valence-corrected chi connectivity index (χ2v) is 7.69. The van der Waals surface area contributed by atoms with Gasteiger partial charge in [0.1, 0.15) is 12.4 Å². The molecule has 2 aromatic rings. The maximum absolute atomic E-state index is 11.8. The molecule has 0 aromatic carbocycles. The quantitative estimate of drug-likeness (QED) is 0.735. The summed E-state index contributed by atoms with van der Waals surface area (Å²) in [5.41, 5.74) is 1.10. The molecule has 2 N–H and O–H groups in total. The molecular formula is C17H21ClN4O2S. The highest BCUT2D eigenvalue weighted by molar-refractivity contribution is 7.16. The summed E-state index contributed by atoms with van der Waals surface area (Å²) in [6, 6.07) is 5.95. The molecule has 1 fully saturated rings. The van der Waals surface area contributed by atoms with E-state index in [1.54, 1.807) is 22.3 Å². The zero-order chi connectivity index (χ0) is 17.6. The summed E-state index contributed by atoms with van der Waals surface area (Å²) in [6.45, 7) is 5.89. The van der Waals surface area contributed by atoms with Gasteiger partial charge in [-0.2, -0.15) is 5.10 Å². The average molecular weight is 381 g/mol. The molecule has 0 unspecified atom stereocenters. The van der Waals surface area contributed by atoms with E-state index in [0.29, 0.717) is 25.6 Å². The number of H-pyrrole nitrogens is 1. The largest absolute Gasteiger partial charge is 0.445 e. The maximum Gasteiger partial charge on any atom is 0.410 e. The highest BCUT2D eigenvalue weighted by atomic mass is 35.5. The number of aromatic nitrogens is 2. The Balaban J connectivity index is 1.48. The van der Waals surface area contributed by atoms with E-state index in [-0.39, 0.29) is 12.7 Å². The van der Waals surface area contributed by atoms with Gasteiger partial charge in [-0.25, -0.2) is 4.79 Å². The number of hydrogen-bond acceptors (Lipinski definition) is 5. The van der Waals surface area contributed by atoms with Gasteiger partial charge in [-0.1, -0.05) is 24.3 Å². The van der Waals surface area contributed by atoms with Crippen LogP contribution in [0.2, 0.25) is 4.34 Å². The van der Waals surface area contributed by atoms with Gasteiger partial charge in [0, 0.05) is 35.6 Å². The third-order valence-corrected chi connectivity index (χ3v) is 5.42. The van der Waals surface area contributed by atoms with Crippen LogP contribution in [0.4, 0.5) is 10.6 Å². The van der Waals surface area contributed by atoms with Crippen molar-refractivity contribution in [2.45, 2.75) is 25.3 Å². The van der Waals surface area contributed by atoms with Crippen LogP contribution >= 0.6 is 22.9 Å². The molecule has 2 aromatic heterocycles. The lowest BCUT2D eigenvalue weighted by Crippen LogP contribution is -2.38. The topological polar surface area (TPSA) is 70.2 Å². The maximum atomic E-state index is 11.8. The van der Waals surface area contributed by atoms with Crippen LogP contribution in [0.15, 0.2) is 30.9 Å². The lowest BCUT2D eigenvalue weighted by atomic mass is 9.94. The molecule has 3 heterocycles. The van der Waals surface area contributed by atoms with Crippen molar-refractivity contribution in [3.05, 3.63) is 45.8 Å². The van der Waals surface area contributed by atoms with Crippen molar-refractivity contribution in [3.8, 4) is 0 Å². The van der Waals surface area contributed by atoms with Crippen LogP contribution in [0, 0.1) is 0 Å². The predicted molar refractivity (Wildman–Crippen MR) is 100 cm³/mol. The SMILES string of the molecule is C=CCOC(=O)N1CCC(c2cc(NCc3ccc(Cl)s3)n[nH]2)CC1. The van der Waals surface area contributed by atoms with E-state index in [2.05, 4.69) is 22.1 Å². The predicted octanol–water partition coefficient (Wildman–Crippen LogP) is 4.24. The van der Waals surface area contributed by atoms with Crippen LogP contribution in [0.5, 0.6) is 0 Å². The third kappa shape index (κ3) is 4.76. The number of likely N-dealkylation sites (tertiary alicyclic amines) is 1. The van der Waals surface area contributed by atoms with Crippen LogP contribution < -0.4 is 5.32 Å². The zero-order valence-electron chi connectivity index (χ0n) is 13.8. The smallest absolute Gasteiger partial charge is 0.410 e. The van der Waals surface area contributed by atoms with Crippen molar-refractivity contribution in [1.29, 1.82) is 0 Å². The van der Waals surface area contributed by atoms with Gasteiger partial charge in [-0.3, -0.25) is 5.10 Å². The van der Waals surface area contributed by atoms with E-state index in [9.17, 15) is 4.79 Å². The molecule has 0 aliphatic carbocycles. The van der Waals surface area contributed by atoms with Crippen molar-refractivity contribution in [2.75, 3.05) is 25.0 Å². The molecule has 0 saturated carbocycles. The molecule has 25 heavy (non-hydrogen) atoms. The number of nitrogens with zero attached hydrogens (tertiary/aromatic N) is 2. The number of anilines is 1. The van der Waals surface area contributed by atoms with E-state index in [0.717, 1.165) is 28.7 Å². The van der Waals surface area contributed by atoms with Gasteiger partial charge in [0.2, 0.25) is 0 Å². The van der Waals surface area contributed by atoms with Crippen molar-refractivity contribution >= 4 is 34.8 Å². The first kappa shape index (κ1) is 17.8. The molecule has 6 nitrogen and oxygen atoms in total. The number of ether oxygens (including phenoxy) is 1. The van der Waals surface area contributed by atoms with Gasteiger partial charge in [0.25, 0.3) is 0 Å². The van der Waals surface area contributed by atoms with Crippen molar-refractivity contribution in [1.82, 2.24) is 15.1 Å². The van der Waals surface area contributed by atoms with Crippen LogP contribution in [0.3, 0.4) is 0 Å². The molecule has 0 bridgehead atoms. The van der Waals surface area contributed by atoms with E-state index in [4.69, 9.17) is 16.3 Å². The van der Waals surface area contributed by atoms with Crippen molar-refractivity contribution < 1.29 is 9.53 Å². The minimum Gasteiger partial charge on any atom is -0.445 e. The molecule has 1 amide bonds. The molecule has 0 spiro atoms. The summed E-state index contributed by atoms with van der Waals surface area (Å²) >= 11 is 7.50. The number of piperidine rings is 1. The van der Waals surface area contributed by atoms with Gasteiger partial charge >= 0.3 is 6.09 Å². The number of rotatable bonds is 6. The van der Waals surface area contributed by atoms with Crippen LogP contribution in [0.1, 0.15) is 29.3 Å². The number of carbonyl (C=O) groups is 1. The number of aromatic amines is 1. The summed E-state index contributed by atoms with van der Waals surface area (Å²) in [5.74, 6) is 1.20. The Kier molecular flexibility index (Phi) is 5.99. The Labute approximate surface area is 155 Å². The van der Waals surface area contributed by atoms with Gasteiger partial charge in [0.15, 0.2) is 0 Å². The monoisotopic (exact) mass is 380 g/mol. The summed E-state index contributed by atoms with van der Waals surface area (Å²) in [7, 11) is 0. The van der Waals surface area contributed by atoms with Crippen molar-refractivity contribution in [3.63, 3.8) is 0 Å². The molecule has 1 saturated heterocycles. The summed E-state index contributed by atoms with van der Waals surface area (Å²) in [4.78, 5) is 14.8. The molecule has 3 rings (SSSR count). The summed E-state index contributed by atoms with van der Waals surface area (Å²) in [6.07, 6.45) is 3.10. The number of amides is 1. The first-order chi connectivity index (χ1) is 12.2. The molecule has 0 radical (unpaired) electrons. The number of thiophene rings is 1. The number of hydrogen-bond donors (Lipinski definition) is 2. The highest BCUT2D eigenvalue weighted by Gasteiger charge is 2.25. The molecule has 134 valence electrons. The zero-order valence-corrected chi connectivity index (χ0v) is 15.4. The Bertz CT molecular complexity index is 722. The Morgan fingerprint density at radius 2 is 2.32 bits per heavy atom. The molecular weight excluding hydrogens is 360 g/mol. The van der Waals surface area contributed by atoms with E-state index in [1.807, 2.05) is 18.2 Å². The van der Waals surface area contributed by atoms with E-state index < -0.39 is 0 Å². The fourth-order valence-electron chi connectivity index (χ4n) is 2.86. The van der Waals surface area contributed by atoms with E-state index >= 15 is 0 Å². The first-order valence-electron chi connectivity index (χ1n) is 8.21. The summed E-state index contributed by atoms with van der Waals surface area (Å²) < 4.78 is 5.87. The van der Waals surface area contributed by atoms with Crippen LogP contribution in [-0.4, -0.2) is 40.9 Å². The number of halogens is 1. The molecule has 8 heteroatoms. The normalized spacial score (nSPS) is 15.2. The van der Waals surface area contributed by atoms with Gasteiger partial charge in [-0.15, -0.1) is 11.3 Å². The fraction of sp³-hybridized carbons (Fsp3) is 0.412. The molecule has 0 atom stereocenters. The Morgan fingerprint density at radius 1 is 1.52 bits per heavy atom. The average Bonchev–Trinajstić information content (AvgIpc) is 3.27. The van der Waals surface area contributed by atoms with Crippen LogP contribution in [0.25, 0.3) is 0 Å². The second kappa shape index (κ2) is 8.40. The fourth-order valence-corrected chi connectivity index (χ4v) is 3.88. The third-order valence-electron chi connectivity index (χ3n) is 4.19. The van der Waals surface area contributed by atoms with Gasteiger partial charge < -0.3 is 15.0 Å². The van der Waals surface area contributed by atoms with Gasteiger partial charge in [0.05, 0.1) is 10.9 Å². The number of carbonyl (C=O) groups excluding carboxylic acids is 1. The number of nitrogens with one attached hydrogen (secondary N) is 2. The first-order valence-corrected chi connectivity index (χ1v) is 9.41. The Hall–Kier alpha value is -1.99. The van der Waals surface area contributed by atoms with E-state index in [1.165, 1.54) is 4.88 Å². The minimum atomic E-state index is -0.264. The van der Waals surface area contributed by atoms with Crippen molar-refractivity contribution in [2.24, 2.45) is 0 Å². The Morgan fingerprint density at radius 3 is 3.00 bits per heavy atom. The standard InChI is InChI=1S/C17H21ClN4O2S/c1-2-9-24-17(23)22-7-5-12(6-8-22)14-10-16(21-20-14)19-11-13-3-4-15(18)25-13/h2-4,10,12H,1,5-9,11H2,(H2,19,20,21). The molecule has 1 aliphatic rings. The lowest BCUT2D eigenvalue weighted by molar-refractivity contribution is 0.102. The summed E-state index contributed by atoms with van der Waals surface area (Å²) in [5, 5.41) is 10.7. The van der Waals surface area contributed by atoms with Gasteiger partial charge in [-0.05, 0) is 25.0 Å².